The number of nitrogens with zero attached hydrogens (tertiary/aromatic N) is 1. The lowest BCUT2D eigenvalue weighted by molar-refractivity contribution is -0.122. The summed E-state index contributed by atoms with van der Waals surface area (Å²) in [7, 11) is 1.51. The lowest BCUT2D eigenvalue weighted by atomic mass is 10.1. The van der Waals surface area contributed by atoms with Gasteiger partial charge in [-0.25, -0.2) is 0 Å². The summed E-state index contributed by atoms with van der Waals surface area (Å²) >= 11 is 8.73. The summed E-state index contributed by atoms with van der Waals surface area (Å²) in [6.07, 6.45) is 4.00. The molecule has 1 aliphatic heterocycles. The van der Waals surface area contributed by atoms with Gasteiger partial charge >= 0.3 is 0 Å². The molecule has 0 aliphatic carbocycles. The Kier molecular flexibility index (Phi) is 7.25. The molecule has 0 radical (unpaired) electrons. The minimum atomic E-state index is -0.561. The number of carbonyl (C=O) groups excluding carboxylic acids is 2. The summed E-state index contributed by atoms with van der Waals surface area (Å²) in [5, 5.41) is 2.63. The summed E-state index contributed by atoms with van der Waals surface area (Å²) in [5.41, 5.74) is 2.25. The minimum absolute atomic E-state index is 0.0428. The quantitative estimate of drug-likeness (QED) is 0.264. The molecule has 1 fully saturated rings. The number of nitrogens with one attached hydrogen (secondary N) is 1. The molecule has 2 aromatic rings. The zero-order valence-electron chi connectivity index (χ0n) is 17.1. The maximum Gasteiger partial charge on any atom is 0.270 e. The van der Waals surface area contributed by atoms with Crippen LogP contribution in [0.25, 0.3) is 6.08 Å². The van der Waals surface area contributed by atoms with Crippen LogP contribution >= 0.6 is 28.1 Å². The van der Waals surface area contributed by atoms with Crippen LogP contribution in [0, 0.1) is 0 Å². The predicted octanol–water partition coefficient (Wildman–Crippen LogP) is 4.42. The number of carbonyl (C=O) groups is 2. The third kappa shape index (κ3) is 4.86. The second-order valence-corrected chi connectivity index (χ2v) is 7.84. The fraction of sp³-hybridized carbons (Fsp3) is 0.174. The first-order valence-corrected chi connectivity index (χ1v) is 10.7. The summed E-state index contributed by atoms with van der Waals surface area (Å²) < 4.78 is 11.6. The number of hydrogen-bond donors (Lipinski definition) is 1. The molecular formula is C23H21BrN2O4S. The number of halogens is 1. The molecular weight excluding hydrogens is 480 g/mol. The Hall–Kier alpha value is -2.97. The molecule has 3 rings (SSSR count). The van der Waals surface area contributed by atoms with Gasteiger partial charge in [0, 0.05) is 4.47 Å². The maximum atomic E-state index is 13.2. The summed E-state index contributed by atoms with van der Waals surface area (Å²) in [4.78, 5) is 27.1. The normalized spacial score (nSPS) is 15.1. The SMILES string of the molecule is C=CCOc1cc(Br)c(/C=C2\C(=O)NC(=S)N(c3ccc(CC)cc3)C2=O)cc1OC. The summed E-state index contributed by atoms with van der Waals surface area (Å²) in [6.45, 7) is 5.99. The first-order chi connectivity index (χ1) is 14.9. The number of thiocarbonyl (C=S) groups is 1. The first kappa shape index (κ1) is 22.7. The number of ether oxygens (including phenoxy) is 2. The van der Waals surface area contributed by atoms with Crippen molar-refractivity contribution in [2.75, 3.05) is 18.6 Å². The fourth-order valence-corrected chi connectivity index (χ4v) is 3.73. The highest BCUT2D eigenvalue weighted by Crippen LogP contribution is 2.35. The van der Waals surface area contributed by atoms with E-state index in [2.05, 4.69) is 27.8 Å². The Bertz CT molecular complexity index is 1080. The van der Waals surface area contributed by atoms with Crippen LogP contribution in [0.3, 0.4) is 0 Å². The van der Waals surface area contributed by atoms with Crippen LogP contribution in [0.15, 0.2) is 59.1 Å². The van der Waals surface area contributed by atoms with E-state index >= 15 is 0 Å². The third-order valence-electron chi connectivity index (χ3n) is 4.64. The number of hydrogen-bond acceptors (Lipinski definition) is 5. The highest BCUT2D eigenvalue weighted by atomic mass is 79.9. The summed E-state index contributed by atoms with van der Waals surface area (Å²) in [6, 6.07) is 10.9. The third-order valence-corrected chi connectivity index (χ3v) is 5.62. The van der Waals surface area contributed by atoms with E-state index < -0.39 is 11.8 Å². The van der Waals surface area contributed by atoms with Crippen LogP contribution in [0.5, 0.6) is 11.5 Å². The van der Waals surface area contributed by atoms with E-state index in [0.717, 1.165) is 12.0 Å². The van der Waals surface area contributed by atoms with Gasteiger partial charge in [-0.2, -0.15) is 0 Å². The standard InChI is InChI=1S/C23H21BrN2O4S/c1-4-10-30-20-13-18(24)15(12-19(20)29-3)11-17-21(27)25-23(31)26(22(17)28)16-8-6-14(5-2)7-9-16/h4,6-9,11-13H,1,5,10H2,2-3H3,(H,25,27,31)/b17-11+. The number of anilines is 1. The molecule has 1 saturated heterocycles. The lowest BCUT2D eigenvalue weighted by Gasteiger charge is -2.29. The largest absolute Gasteiger partial charge is 0.493 e. The molecule has 0 atom stereocenters. The van der Waals surface area contributed by atoms with Gasteiger partial charge < -0.3 is 9.47 Å². The molecule has 0 saturated carbocycles. The van der Waals surface area contributed by atoms with Crippen LogP contribution in [-0.4, -0.2) is 30.6 Å². The van der Waals surface area contributed by atoms with Gasteiger partial charge in [0.25, 0.3) is 11.8 Å². The molecule has 1 N–H and O–H groups in total. The number of methoxy groups -OCH3 is 1. The van der Waals surface area contributed by atoms with E-state index in [4.69, 9.17) is 21.7 Å². The van der Waals surface area contributed by atoms with Crippen LogP contribution in [0.2, 0.25) is 0 Å². The van der Waals surface area contributed by atoms with E-state index in [1.807, 2.05) is 31.2 Å². The zero-order chi connectivity index (χ0) is 22.5. The van der Waals surface area contributed by atoms with E-state index in [1.165, 1.54) is 18.1 Å². The zero-order valence-corrected chi connectivity index (χ0v) is 19.5. The van der Waals surface area contributed by atoms with Crippen molar-refractivity contribution in [3.8, 4) is 11.5 Å². The van der Waals surface area contributed by atoms with Crippen molar-refractivity contribution in [2.24, 2.45) is 0 Å². The van der Waals surface area contributed by atoms with Gasteiger partial charge in [-0.15, -0.1) is 0 Å². The Balaban J connectivity index is 2.00. The van der Waals surface area contributed by atoms with Gasteiger partial charge in [-0.3, -0.25) is 19.8 Å². The van der Waals surface area contributed by atoms with Gasteiger partial charge in [-0.05, 0) is 60.1 Å². The van der Waals surface area contributed by atoms with Gasteiger partial charge in [0.2, 0.25) is 0 Å². The van der Waals surface area contributed by atoms with Crippen molar-refractivity contribution in [2.45, 2.75) is 13.3 Å². The van der Waals surface area contributed by atoms with Crippen molar-refractivity contribution < 1.29 is 19.1 Å². The highest BCUT2D eigenvalue weighted by Gasteiger charge is 2.34. The molecule has 0 aromatic heterocycles. The molecule has 2 amide bonds. The van der Waals surface area contributed by atoms with Crippen molar-refractivity contribution >= 4 is 56.8 Å². The Morgan fingerprint density at radius 2 is 1.90 bits per heavy atom. The molecule has 0 spiro atoms. The van der Waals surface area contributed by atoms with Crippen LogP contribution in [0.1, 0.15) is 18.1 Å². The molecule has 8 heteroatoms. The molecule has 6 nitrogen and oxygen atoms in total. The number of benzene rings is 2. The monoisotopic (exact) mass is 500 g/mol. The average molecular weight is 501 g/mol. The van der Waals surface area contributed by atoms with Crippen molar-refractivity contribution in [3.05, 3.63) is 70.2 Å². The number of amides is 2. The lowest BCUT2D eigenvalue weighted by Crippen LogP contribution is -2.54. The second-order valence-electron chi connectivity index (χ2n) is 6.60. The predicted molar refractivity (Wildman–Crippen MR) is 128 cm³/mol. The molecule has 2 aromatic carbocycles. The van der Waals surface area contributed by atoms with Crippen LogP contribution in [-0.2, 0) is 16.0 Å². The molecule has 160 valence electrons. The van der Waals surface area contributed by atoms with Crippen LogP contribution in [0.4, 0.5) is 5.69 Å². The first-order valence-electron chi connectivity index (χ1n) is 9.51. The summed E-state index contributed by atoms with van der Waals surface area (Å²) in [5.74, 6) is -0.0945. The number of rotatable bonds is 7. The molecule has 0 unspecified atom stereocenters. The van der Waals surface area contributed by atoms with Gasteiger partial charge in [0.15, 0.2) is 16.6 Å². The fourth-order valence-electron chi connectivity index (χ4n) is 3.01. The topological polar surface area (TPSA) is 67.9 Å². The van der Waals surface area contributed by atoms with Crippen molar-refractivity contribution in [1.82, 2.24) is 5.32 Å². The van der Waals surface area contributed by atoms with E-state index in [1.54, 1.807) is 18.2 Å². The highest BCUT2D eigenvalue weighted by molar-refractivity contribution is 9.10. The average Bonchev–Trinajstić information content (AvgIpc) is 2.76. The molecule has 0 bridgehead atoms. The Morgan fingerprint density at radius 1 is 1.19 bits per heavy atom. The second kappa shape index (κ2) is 9.89. The van der Waals surface area contributed by atoms with Gasteiger partial charge in [0.05, 0.1) is 12.8 Å². The van der Waals surface area contributed by atoms with Gasteiger partial charge in [-0.1, -0.05) is 47.6 Å². The van der Waals surface area contributed by atoms with E-state index in [-0.39, 0.29) is 10.7 Å². The molecule has 1 heterocycles. The molecule has 31 heavy (non-hydrogen) atoms. The number of aryl methyl sites for hydroxylation is 1. The molecule has 1 aliphatic rings. The van der Waals surface area contributed by atoms with Crippen molar-refractivity contribution in [3.63, 3.8) is 0 Å². The van der Waals surface area contributed by atoms with Crippen LogP contribution < -0.4 is 19.7 Å². The van der Waals surface area contributed by atoms with Gasteiger partial charge in [0.1, 0.15) is 12.2 Å². The van der Waals surface area contributed by atoms with E-state index in [9.17, 15) is 9.59 Å². The Labute approximate surface area is 194 Å². The minimum Gasteiger partial charge on any atom is -0.493 e. The maximum absolute atomic E-state index is 13.2. The Morgan fingerprint density at radius 3 is 2.52 bits per heavy atom. The van der Waals surface area contributed by atoms with Crippen molar-refractivity contribution in [1.29, 1.82) is 0 Å². The van der Waals surface area contributed by atoms with E-state index in [0.29, 0.717) is 33.8 Å². The smallest absolute Gasteiger partial charge is 0.270 e.